The van der Waals surface area contributed by atoms with Gasteiger partial charge in [-0.25, -0.2) is 4.79 Å². The molecule has 0 saturated heterocycles. The lowest BCUT2D eigenvalue weighted by Crippen LogP contribution is -2.11. The third-order valence-electron chi connectivity index (χ3n) is 2.51. The maximum Gasteiger partial charge on any atom is 0.340 e. The average Bonchev–Trinajstić information content (AvgIpc) is 2.45. The van der Waals surface area contributed by atoms with Gasteiger partial charge in [-0.15, -0.1) is 0 Å². The second-order valence-electron chi connectivity index (χ2n) is 3.76. The molecule has 0 aromatic heterocycles. The zero-order valence-electron chi connectivity index (χ0n) is 11.5. The molecule has 20 heavy (non-hydrogen) atoms. The second-order valence-corrected chi connectivity index (χ2v) is 3.76. The molecule has 0 saturated carbocycles. The van der Waals surface area contributed by atoms with E-state index in [0.717, 1.165) is 0 Å². The van der Waals surface area contributed by atoms with Crippen molar-refractivity contribution in [2.75, 3.05) is 34.2 Å². The van der Waals surface area contributed by atoms with Crippen molar-refractivity contribution in [2.24, 2.45) is 0 Å². The molecule has 0 radical (unpaired) electrons. The normalized spacial score (nSPS) is 10.1. The maximum absolute atomic E-state index is 11.3. The largest absolute Gasteiger partial charge is 0.497 e. The number of hydrogen-bond acceptors (Lipinski definition) is 5. The molecule has 0 aliphatic carbocycles. The predicted molar refractivity (Wildman–Crippen MR) is 73.4 cm³/mol. The predicted octanol–water partition coefficient (Wildman–Crippen LogP) is 2.04. The van der Waals surface area contributed by atoms with Crippen LogP contribution >= 0.6 is 0 Å². The van der Waals surface area contributed by atoms with E-state index in [0.29, 0.717) is 24.5 Å². The molecular weight excluding hydrogens is 264 g/mol. The minimum absolute atomic E-state index is 0.0242. The molecule has 0 spiro atoms. The Morgan fingerprint density at radius 2 is 2.10 bits per heavy atom. The molecule has 1 aromatic rings. The second kappa shape index (κ2) is 8.19. The Balaban J connectivity index is 2.90. The van der Waals surface area contributed by atoms with Gasteiger partial charge in [0.2, 0.25) is 0 Å². The van der Waals surface area contributed by atoms with E-state index in [4.69, 9.17) is 18.9 Å². The molecule has 0 amide bonds. The van der Waals surface area contributed by atoms with Crippen LogP contribution in [0.2, 0.25) is 0 Å². The summed E-state index contributed by atoms with van der Waals surface area (Å²) < 4.78 is 20.4. The van der Waals surface area contributed by atoms with Gasteiger partial charge in [-0.05, 0) is 11.6 Å². The fourth-order valence-corrected chi connectivity index (χ4v) is 1.54. The third-order valence-corrected chi connectivity index (χ3v) is 2.51. The van der Waals surface area contributed by atoms with Gasteiger partial charge in [0.05, 0.1) is 20.3 Å². The molecule has 6 heteroatoms. The summed E-state index contributed by atoms with van der Waals surface area (Å²) in [5.41, 5.74) is 0.444. The number of hydrogen-bond donors (Lipinski definition) is 1. The van der Waals surface area contributed by atoms with Crippen molar-refractivity contribution in [1.29, 1.82) is 0 Å². The number of methoxy groups -OCH3 is 2. The average molecular weight is 282 g/mol. The van der Waals surface area contributed by atoms with Crippen molar-refractivity contribution in [3.8, 4) is 11.5 Å². The highest BCUT2D eigenvalue weighted by Gasteiger charge is 2.17. The number of carbonyl (C=O) groups is 1. The Morgan fingerprint density at radius 1 is 1.35 bits per heavy atom. The van der Waals surface area contributed by atoms with E-state index in [1.807, 2.05) is 0 Å². The van der Waals surface area contributed by atoms with E-state index < -0.39 is 5.97 Å². The fourth-order valence-electron chi connectivity index (χ4n) is 1.54. The molecule has 0 bridgehead atoms. The van der Waals surface area contributed by atoms with E-state index in [2.05, 4.69) is 6.58 Å². The minimum Gasteiger partial charge on any atom is -0.497 e. The van der Waals surface area contributed by atoms with Gasteiger partial charge < -0.3 is 24.1 Å². The number of ether oxygens (including phenoxy) is 4. The number of carboxylic acids is 1. The van der Waals surface area contributed by atoms with Gasteiger partial charge in [0.25, 0.3) is 0 Å². The lowest BCUT2D eigenvalue weighted by Gasteiger charge is -2.13. The van der Waals surface area contributed by atoms with Crippen molar-refractivity contribution in [2.45, 2.75) is 0 Å². The highest BCUT2D eigenvalue weighted by Crippen LogP contribution is 2.29. The van der Waals surface area contributed by atoms with E-state index in [1.165, 1.54) is 19.3 Å². The number of benzene rings is 1. The van der Waals surface area contributed by atoms with Crippen LogP contribution in [0.1, 0.15) is 15.9 Å². The van der Waals surface area contributed by atoms with Crippen LogP contribution in [0.3, 0.4) is 0 Å². The van der Waals surface area contributed by atoms with Crippen LogP contribution in [0.5, 0.6) is 11.5 Å². The zero-order valence-corrected chi connectivity index (χ0v) is 11.5. The van der Waals surface area contributed by atoms with Gasteiger partial charge in [0.15, 0.2) is 6.79 Å². The Labute approximate surface area is 117 Å². The van der Waals surface area contributed by atoms with Crippen LogP contribution in [0, 0.1) is 0 Å². The smallest absolute Gasteiger partial charge is 0.340 e. The Hall–Kier alpha value is -2.05. The monoisotopic (exact) mass is 282 g/mol. The highest BCUT2D eigenvalue weighted by molar-refractivity contribution is 5.95. The standard InChI is InChI=1S/C14H18O6/c1-4-10-7-11(18-3)8-12(13(10)14(15)16)20-9-19-6-5-17-2/h4,7-8H,1,5-6,9H2,2-3H3,(H,15,16). The van der Waals surface area contributed by atoms with Crippen molar-refractivity contribution >= 4 is 12.0 Å². The van der Waals surface area contributed by atoms with Crippen molar-refractivity contribution in [3.63, 3.8) is 0 Å². The highest BCUT2D eigenvalue weighted by atomic mass is 16.7. The first-order valence-electron chi connectivity index (χ1n) is 5.91. The Kier molecular flexibility index (Phi) is 6.55. The molecule has 0 aliphatic heterocycles. The van der Waals surface area contributed by atoms with Gasteiger partial charge in [-0.2, -0.15) is 0 Å². The Bertz CT molecular complexity index is 469. The van der Waals surface area contributed by atoms with Crippen LogP contribution in [0.25, 0.3) is 6.08 Å². The first-order valence-corrected chi connectivity index (χ1v) is 5.91. The van der Waals surface area contributed by atoms with E-state index in [1.54, 1.807) is 13.2 Å². The van der Waals surface area contributed by atoms with Gasteiger partial charge >= 0.3 is 5.97 Å². The number of carboxylic acid groups (broad SMARTS) is 1. The summed E-state index contributed by atoms with van der Waals surface area (Å²) in [5.74, 6) is -0.449. The maximum atomic E-state index is 11.3. The van der Waals surface area contributed by atoms with Crippen LogP contribution < -0.4 is 9.47 Å². The van der Waals surface area contributed by atoms with E-state index in [-0.39, 0.29) is 18.1 Å². The quantitative estimate of drug-likeness (QED) is 0.552. The van der Waals surface area contributed by atoms with Crippen LogP contribution in [-0.2, 0) is 9.47 Å². The number of rotatable bonds is 9. The minimum atomic E-state index is -1.10. The Morgan fingerprint density at radius 3 is 2.65 bits per heavy atom. The lowest BCUT2D eigenvalue weighted by atomic mass is 10.1. The molecule has 0 heterocycles. The van der Waals surface area contributed by atoms with Crippen LogP contribution in [0.15, 0.2) is 18.7 Å². The molecule has 1 rings (SSSR count). The first-order chi connectivity index (χ1) is 9.63. The summed E-state index contributed by atoms with van der Waals surface area (Å²) in [6.07, 6.45) is 1.44. The van der Waals surface area contributed by atoms with Crippen LogP contribution in [-0.4, -0.2) is 45.3 Å². The molecule has 0 atom stereocenters. The van der Waals surface area contributed by atoms with Gasteiger partial charge in [0.1, 0.15) is 17.1 Å². The fraction of sp³-hybridized carbons (Fsp3) is 0.357. The summed E-state index contributed by atoms with van der Waals surface area (Å²) in [6.45, 7) is 4.31. The topological polar surface area (TPSA) is 74.2 Å². The van der Waals surface area contributed by atoms with Crippen LogP contribution in [0.4, 0.5) is 0 Å². The summed E-state index contributed by atoms with van der Waals surface area (Å²) in [6, 6.07) is 3.07. The van der Waals surface area contributed by atoms with Gasteiger partial charge in [-0.1, -0.05) is 12.7 Å². The number of aromatic carboxylic acids is 1. The summed E-state index contributed by atoms with van der Waals surface area (Å²) in [7, 11) is 3.05. The molecule has 0 fully saturated rings. The molecule has 0 aliphatic rings. The third kappa shape index (κ3) is 4.25. The first kappa shape index (κ1) is 16.0. The van der Waals surface area contributed by atoms with Gasteiger partial charge in [-0.3, -0.25) is 0 Å². The lowest BCUT2D eigenvalue weighted by molar-refractivity contribution is -0.00904. The summed E-state index contributed by atoms with van der Waals surface area (Å²) >= 11 is 0. The molecular formula is C14H18O6. The molecule has 1 N–H and O–H groups in total. The van der Waals surface area contributed by atoms with Crippen molar-refractivity contribution in [3.05, 3.63) is 29.8 Å². The summed E-state index contributed by atoms with van der Waals surface area (Å²) in [4.78, 5) is 11.3. The molecule has 1 aromatic carbocycles. The van der Waals surface area contributed by atoms with Crippen molar-refractivity contribution in [1.82, 2.24) is 0 Å². The van der Waals surface area contributed by atoms with Gasteiger partial charge in [0, 0.05) is 13.2 Å². The van der Waals surface area contributed by atoms with Crippen molar-refractivity contribution < 1.29 is 28.8 Å². The molecule has 6 nitrogen and oxygen atoms in total. The molecule has 110 valence electrons. The molecule has 0 unspecified atom stereocenters. The van der Waals surface area contributed by atoms with E-state index >= 15 is 0 Å². The zero-order chi connectivity index (χ0) is 15.0. The SMILES string of the molecule is C=Cc1cc(OC)cc(OCOCCOC)c1C(=O)O. The van der Waals surface area contributed by atoms with E-state index in [9.17, 15) is 9.90 Å². The summed E-state index contributed by atoms with van der Waals surface area (Å²) in [5, 5.41) is 9.25.